The minimum atomic E-state index is -4.30. The fourth-order valence-corrected chi connectivity index (χ4v) is 2.23. The average Bonchev–Trinajstić information content (AvgIpc) is 3.18. The molecule has 1 aliphatic rings. The lowest BCUT2D eigenvalue weighted by Crippen LogP contribution is -2.35. The third kappa shape index (κ3) is 3.94. The normalized spacial score (nSPS) is 17.5. The van der Waals surface area contributed by atoms with Crippen LogP contribution in [0.2, 0.25) is 0 Å². The monoisotopic (exact) mass is 273 g/mol. The molecular weight excluding hydrogens is 255 g/mol. The van der Waals surface area contributed by atoms with E-state index in [1.807, 2.05) is 0 Å². The zero-order chi connectivity index (χ0) is 13.9. The van der Waals surface area contributed by atoms with Crippen molar-refractivity contribution in [3.63, 3.8) is 0 Å². The molecule has 0 heterocycles. The Morgan fingerprint density at radius 2 is 2.00 bits per heavy atom. The smallest absolute Gasteiger partial charge is 0.383 e. The fraction of sp³-hybridized carbons (Fsp3) is 0.571. The molecule has 0 amide bonds. The van der Waals surface area contributed by atoms with E-state index in [1.54, 1.807) is 13.2 Å². The Balaban J connectivity index is 2.02. The molecule has 5 heteroatoms. The minimum Gasteiger partial charge on any atom is -0.383 e. The van der Waals surface area contributed by atoms with Crippen LogP contribution in [0.3, 0.4) is 0 Å². The van der Waals surface area contributed by atoms with Crippen molar-refractivity contribution < 1.29 is 17.9 Å². The topological polar surface area (TPSA) is 21.3 Å². The van der Waals surface area contributed by atoms with E-state index in [4.69, 9.17) is 4.74 Å². The molecule has 1 unspecified atom stereocenters. The second-order valence-electron chi connectivity index (χ2n) is 4.94. The summed E-state index contributed by atoms with van der Waals surface area (Å²) in [4.78, 5) is 0. The van der Waals surface area contributed by atoms with E-state index in [1.165, 1.54) is 12.1 Å². The molecule has 1 N–H and O–H groups in total. The van der Waals surface area contributed by atoms with Gasteiger partial charge in [-0.25, -0.2) is 0 Å². The Morgan fingerprint density at radius 1 is 1.32 bits per heavy atom. The van der Waals surface area contributed by atoms with Crippen LogP contribution in [0.15, 0.2) is 24.3 Å². The van der Waals surface area contributed by atoms with Crippen molar-refractivity contribution in [2.45, 2.75) is 31.6 Å². The summed E-state index contributed by atoms with van der Waals surface area (Å²) in [7, 11) is 1.61. The number of methoxy groups -OCH3 is 1. The number of benzene rings is 1. The van der Waals surface area contributed by atoms with E-state index < -0.39 is 11.7 Å². The molecule has 0 aromatic heterocycles. The first-order valence-corrected chi connectivity index (χ1v) is 6.40. The number of nitrogens with one attached hydrogen (secondary N) is 1. The van der Waals surface area contributed by atoms with Crippen molar-refractivity contribution >= 4 is 0 Å². The Hall–Kier alpha value is -1.07. The SMILES string of the molecule is COCC(NCc1ccccc1C(F)(F)F)C1CC1. The lowest BCUT2D eigenvalue weighted by Gasteiger charge is -2.19. The summed E-state index contributed by atoms with van der Waals surface area (Å²) in [6.07, 6.45) is -2.04. The Kier molecular flexibility index (Phi) is 4.47. The lowest BCUT2D eigenvalue weighted by atomic mass is 10.1. The van der Waals surface area contributed by atoms with Crippen LogP contribution in [0.25, 0.3) is 0 Å². The summed E-state index contributed by atoms with van der Waals surface area (Å²) in [5.41, 5.74) is -0.272. The molecule has 2 rings (SSSR count). The van der Waals surface area contributed by atoms with E-state index in [0.717, 1.165) is 18.9 Å². The Labute approximate surface area is 111 Å². The second kappa shape index (κ2) is 5.92. The van der Waals surface area contributed by atoms with Gasteiger partial charge in [0, 0.05) is 19.7 Å². The summed E-state index contributed by atoms with van der Waals surface area (Å²) in [5.74, 6) is 0.540. The first-order chi connectivity index (χ1) is 9.02. The Bertz CT molecular complexity index is 415. The first-order valence-electron chi connectivity index (χ1n) is 6.40. The van der Waals surface area contributed by atoms with Crippen LogP contribution in [-0.2, 0) is 17.5 Å². The molecule has 0 bridgehead atoms. The van der Waals surface area contributed by atoms with Crippen molar-refractivity contribution in [1.82, 2.24) is 5.32 Å². The maximum absolute atomic E-state index is 12.8. The molecule has 19 heavy (non-hydrogen) atoms. The van der Waals surface area contributed by atoms with E-state index in [-0.39, 0.29) is 18.2 Å². The van der Waals surface area contributed by atoms with Crippen LogP contribution in [-0.4, -0.2) is 19.8 Å². The van der Waals surface area contributed by atoms with E-state index in [9.17, 15) is 13.2 Å². The molecular formula is C14H18F3NO. The maximum atomic E-state index is 12.8. The number of halogens is 3. The van der Waals surface area contributed by atoms with Crippen molar-refractivity contribution in [2.75, 3.05) is 13.7 Å². The number of hydrogen-bond donors (Lipinski definition) is 1. The predicted octanol–water partition coefficient (Wildman–Crippen LogP) is 3.22. The molecule has 1 aliphatic carbocycles. The van der Waals surface area contributed by atoms with Crippen molar-refractivity contribution in [2.24, 2.45) is 5.92 Å². The van der Waals surface area contributed by atoms with E-state index in [2.05, 4.69) is 5.32 Å². The molecule has 1 saturated carbocycles. The highest BCUT2D eigenvalue weighted by atomic mass is 19.4. The first kappa shape index (κ1) is 14.3. The maximum Gasteiger partial charge on any atom is 0.416 e. The van der Waals surface area contributed by atoms with Crippen LogP contribution in [0, 0.1) is 5.92 Å². The number of alkyl halides is 3. The molecule has 0 spiro atoms. The van der Waals surface area contributed by atoms with Crippen LogP contribution in [0.4, 0.5) is 13.2 Å². The molecule has 0 radical (unpaired) electrons. The quantitative estimate of drug-likeness (QED) is 0.859. The molecule has 106 valence electrons. The summed E-state index contributed by atoms with van der Waals surface area (Å²) in [5, 5.41) is 3.19. The van der Waals surface area contributed by atoms with Crippen molar-refractivity contribution in [3.8, 4) is 0 Å². The van der Waals surface area contributed by atoms with Crippen LogP contribution in [0.1, 0.15) is 24.0 Å². The average molecular weight is 273 g/mol. The Morgan fingerprint density at radius 3 is 2.58 bits per heavy atom. The molecule has 1 aromatic carbocycles. The van der Waals surface area contributed by atoms with Gasteiger partial charge in [0.25, 0.3) is 0 Å². The van der Waals surface area contributed by atoms with Gasteiger partial charge in [-0.3, -0.25) is 0 Å². The van der Waals surface area contributed by atoms with Gasteiger partial charge in [0.2, 0.25) is 0 Å². The highest BCUT2D eigenvalue weighted by molar-refractivity contribution is 5.29. The van der Waals surface area contributed by atoms with Crippen LogP contribution >= 0.6 is 0 Å². The largest absolute Gasteiger partial charge is 0.416 e. The van der Waals surface area contributed by atoms with Gasteiger partial charge < -0.3 is 10.1 Å². The van der Waals surface area contributed by atoms with Gasteiger partial charge in [-0.05, 0) is 30.4 Å². The van der Waals surface area contributed by atoms with Gasteiger partial charge in [0.05, 0.1) is 12.2 Å². The summed E-state index contributed by atoms with van der Waals surface area (Å²) in [6, 6.07) is 5.84. The van der Waals surface area contributed by atoms with Crippen molar-refractivity contribution in [3.05, 3.63) is 35.4 Å². The predicted molar refractivity (Wildman–Crippen MR) is 66.7 cm³/mol. The molecule has 1 atom stereocenters. The van der Waals surface area contributed by atoms with Gasteiger partial charge in [0.15, 0.2) is 0 Å². The summed E-state index contributed by atoms with van der Waals surface area (Å²) in [6.45, 7) is 0.763. The standard InChI is InChI=1S/C14H18F3NO/c1-19-9-13(10-6-7-10)18-8-11-4-2-3-5-12(11)14(15,16)17/h2-5,10,13,18H,6-9H2,1H3. The zero-order valence-electron chi connectivity index (χ0n) is 10.8. The lowest BCUT2D eigenvalue weighted by molar-refractivity contribution is -0.138. The van der Waals surface area contributed by atoms with Gasteiger partial charge in [-0.2, -0.15) is 13.2 Å². The van der Waals surface area contributed by atoms with Gasteiger partial charge in [-0.15, -0.1) is 0 Å². The molecule has 0 saturated heterocycles. The second-order valence-corrected chi connectivity index (χ2v) is 4.94. The van der Waals surface area contributed by atoms with Gasteiger partial charge in [0.1, 0.15) is 0 Å². The van der Waals surface area contributed by atoms with Crippen LogP contribution in [0.5, 0.6) is 0 Å². The zero-order valence-corrected chi connectivity index (χ0v) is 10.8. The van der Waals surface area contributed by atoms with Crippen LogP contribution < -0.4 is 5.32 Å². The minimum absolute atomic E-state index is 0.145. The number of rotatable bonds is 6. The summed E-state index contributed by atoms with van der Waals surface area (Å²) >= 11 is 0. The van der Waals surface area contributed by atoms with E-state index in [0.29, 0.717) is 12.5 Å². The molecule has 2 nitrogen and oxygen atoms in total. The highest BCUT2D eigenvalue weighted by Gasteiger charge is 2.34. The van der Waals surface area contributed by atoms with Gasteiger partial charge in [-0.1, -0.05) is 18.2 Å². The highest BCUT2D eigenvalue weighted by Crippen LogP contribution is 2.34. The molecule has 1 aromatic rings. The number of hydrogen-bond acceptors (Lipinski definition) is 2. The molecule has 1 fully saturated rings. The molecule has 0 aliphatic heterocycles. The summed E-state index contributed by atoms with van der Waals surface area (Å²) < 4.78 is 43.6. The third-order valence-corrected chi connectivity index (χ3v) is 3.41. The van der Waals surface area contributed by atoms with Gasteiger partial charge >= 0.3 is 6.18 Å². The van der Waals surface area contributed by atoms with Crippen molar-refractivity contribution in [1.29, 1.82) is 0 Å². The fourth-order valence-electron chi connectivity index (χ4n) is 2.23. The third-order valence-electron chi connectivity index (χ3n) is 3.41. The number of ether oxygens (including phenoxy) is 1. The van der Waals surface area contributed by atoms with E-state index >= 15 is 0 Å².